The second kappa shape index (κ2) is 9.90. The number of carbonyl (C=O) groups excluding carboxylic acids is 1. The molecule has 0 bridgehead atoms. The second-order valence-corrected chi connectivity index (χ2v) is 9.03. The lowest BCUT2D eigenvalue weighted by Gasteiger charge is -2.20. The summed E-state index contributed by atoms with van der Waals surface area (Å²) in [4.78, 5) is 22.7. The lowest BCUT2D eigenvalue weighted by molar-refractivity contribution is -0.384. The minimum atomic E-state index is -3.94. The third-order valence-corrected chi connectivity index (χ3v) is 6.44. The van der Waals surface area contributed by atoms with Crippen LogP contribution in [0.5, 0.6) is 0 Å². The molecule has 166 valence electrons. The van der Waals surface area contributed by atoms with Crippen LogP contribution in [0.4, 0.5) is 5.69 Å². The van der Waals surface area contributed by atoms with Crippen molar-refractivity contribution in [2.75, 3.05) is 6.61 Å². The number of ether oxygens (including phenoxy) is 1. The van der Waals surface area contributed by atoms with Crippen LogP contribution in [0.2, 0.25) is 5.02 Å². The number of esters is 1. The van der Waals surface area contributed by atoms with Gasteiger partial charge in [0, 0.05) is 17.2 Å². The molecule has 3 rings (SSSR count). The number of hydrogen-bond donors (Lipinski definition) is 1. The number of benzene rings is 3. The van der Waals surface area contributed by atoms with E-state index in [1.807, 2.05) is 6.92 Å². The number of sulfonamides is 1. The highest BCUT2D eigenvalue weighted by molar-refractivity contribution is 7.89. The van der Waals surface area contributed by atoms with Gasteiger partial charge in [-0.2, -0.15) is 0 Å². The van der Waals surface area contributed by atoms with Crippen molar-refractivity contribution in [2.45, 2.75) is 17.9 Å². The van der Waals surface area contributed by atoms with Crippen molar-refractivity contribution in [1.82, 2.24) is 4.72 Å². The van der Waals surface area contributed by atoms with Crippen LogP contribution in [0.3, 0.4) is 0 Å². The van der Waals surface area contributed by atoms with Crippen LogP contribution in [0.1, 0.15) is 27.5 Å². The van der Waals surface area contributed by atoms with E-state index in [9.17, 15) is 23.3 Å². The first-order chi connectivity index (χ1) is 15.2. The predicted octanol–water partition coefficient (Wildman–Crippen LogP) is 4.43. The summed E-state index contributed by atoms with van der Waals surface area (Å²) in [6, 6.07) is 16.8. The van der Waals surface area contributed by atoms with Crippen molar-refractivity contribution in [3.63, 3.8) is 0 Å². The number of non-ortho nitro benzene ring substituents is 1. The SMILES string of the molecule is Cc1ccc(S(=O)(=O)NC(COC(=O)c2ccc([N+](=O)[O-])cc2)c2ccccc2Cl)cc1. The molecule has 0 saturated heterocycles. The maximum atomic E-state index is 12.9. The highest BCUT2D eigenvalue weighted by Crippen LogP contribution is 2.25. The van der Waals surface area contributed by atoms with Crippen molar-refractivity contribution in [3.05, 3.63) is 105 Å². The Hall–Kier alpha value is -3.27. The molecule has 0 aliphatic rings. The predicted molar refractivity (Wildman–Crippen MR) is 119 cm³/mol. The molecule has 0 fully saturated rings. The number of hydrogen-bond acceptors (Lipinski definition) is 6. The third kappa shape index (κ3) is 5.70. The van der Waals surface area contributed by atoms with E-state index in [4.69, 9.17) is 16.3 Å². The van der Waals surface area contributed by atoms with E-state index in [0.717, 1.165) is 5.56 Å². The summed E-state index contributed by atoms with van der Waals surface area (Å²) in [5, 5.41) is 11.1. The average Bonchev–Trinajstić information content (AvgIpc) is 2.77. The number of nitro benzene ring substituents is 1. The molecule has 1 atom stereocenters. The first-order valence-corrected chi connectivity index (χ1v) is 11.3. The van der Waals surface area contributed by atoms with Crippen molar-refractivity contribution >= 4 is 33.3 Å². The van der Waals surface area contributed by atoms with Crippen LogP contribution >= 0.6 is 11.6 Å². The quantitative estimate of drug-likeness (QED) is 0.293. The summed E-state index contributed by atoms with van der Waals surface area (Å²) in [5.74, 6) is -0.758. The maximum absolute atomic E-state index is 12.9. The minimum absolute atomic E-state index is 0.0573. The normalized spacial score (nSPS) is 12.2. The van der Waals surface area contributed by atoms with Crippen LogP contribution in [-0.2, 0) is 14.8 Å². The second-order valence-electron chi connectivity index (χ2n) is 6.91. The standard InChI is InChI=1S/C22H19ClN2O6S/c1-15-6-12-18(13-7-15)32(29,30)24-21(19-4-2-3-5-20(19)23)14-31-22(26)16-8-10-17(11-9-16)25(27)28/h2-13,21,24H,14H2,1H3. The summed E-state index contributed by atoms with van der Waals surface area (Å²) in [5.41, 5.74) is 1.27. The Labute approximate surface area is 190 Å². The van der Waals surface area contributed by atoms with Gasteiger partial charge in [0.1, 0.15) is 6.61 Å². The van der Waals surface area contributed by atoms with Crippen LogP contribution in [0.15, 0.2) is 77.7 Å². The number of nitrogens with one attached hydrogen (secondary N) is 1. The van der Waals surface area contributed by atoms with Crippen molar-refractivity contribution in [3.8, 4) is 0 Å². The lowest BCUT2D eigenvalue weighted by atomic mass is 10.1. The number of carbonyl (C=O) groups is 1. The Morgan fingerprint density at radius 3 is 2.28 bits per heavy atom. The highest BCUT2D eigenvalue weighted by atomic mass is 35.5. The third-order valence-electron chi connectivity index (χ3n) is 4.60. The minimum Gasteiger partial charge on any atom is -0.460 e. The van der Waals surface area contributed by atoms with E-state index < -0.39 is 27.0 Å². The lowest BCUT2D eigenvalue weighted by Crippen LogP contribution is -2.32. The van der Waals surface area contributed by atoms with E-state index in [1.165, 1.54) is 36.4 Å². The summed E-state index contributed by atoms with van der Waals surface area (Å²) >= 11 is 6.25. The fourth-order valence-electron chi connectivity index (χ4n) is 2.88. The van der Waals surface area contributed by atoms with E-state index in [1.54, 1.807) is 36.4 Å². The number of rotatable bonds is 8. The van der Waals surface area contributed by atoms with Crippen LogP contribution in [0.25, 0.3) is 0 Å². The van der Waals surface area contributed by atoms with Gasteiger partial charge in [0.2, 0.25) is 10.0 Å². The molecule has 0 saturated carbocycles. The van der Waals surface area contributed by atoms with Gasteiger partial charge in [-0.25, -0.2) is 17.9 Å². The highest BCUT2D eigenvalue weighted by Gasteiger charge is 2.25. The molecule has 0 radical (unpaired) electrons. The van der Waals surface area contributed by atoms with E-state index in [-0.39, 0.29) is 22.8 Å². The zero-order chi connectivity index (χ0) is 23.3. The molecule has 32 heavy (non-hydrogen) atoms. The van der Waals surface area contributed by atoms with Crippen LogP contribution in [-0.4, -0.2) is 25.9 Å². The largest absolute Gasteiger partial charge is 0.460 e. The first-order valence-electron chi connectivity index (χ1n) is 9.42. The Morgan fingerprint density at radius 1 is 1.06 bits per heavy atom. The molecule has 3 aromatic rings. The van der Waals surface area contributed by atoms with Gasteiger partial charge in [0.15, 0.2) is 0 Å². The number of nitro groups is 1. The van der Waals surface area contributed by atoms with Gasteiger partial charge in [-0.15, -0.1) is 0 Å². The van der Waals surface area contributed by atoms with E-state index in [0.29, 0.717) is 10.6 Å². The topological polar surface area (TPSA) is 116 Å². The van der Waals surface area contributed by atoms with Gasteiger partial charge in [-0.05, 0) is 42.8 Å². The molecule has 8 nitrogen and oxygen atoms in total. The summed E-state index contributed by atoms with van der Waals surface area (Å²) in [6.45, 7) is 1.50. The molecule has 0 spiro atoms. The Bertz CT molecular complexity index is 1230. The zero-order valence-corrected chi connectivity index (χ0v) is 18.5. The molecule has 10 heteroatoms. The zero-order valence-electron chi connectivity index (χ0n) is 16.9. The molecule has 0 amide bonds. The summed E-state index contributed by atoms with van der Waals surface area (Å²) in [7, 11) is -3.94. The molecule has 0 aromatic heterocycles. The van der Waals surface area contributed by atoms with Crippen molar-refractivity contribution in [1.29, 1.82) is 0 Å². The fraction of sp³-hybridized carbons (Fsp3) is 0.136. The summed E-state index contributed by atoms with van der Waals surface area (Å²) < 4.78 is 33.6. The Morgan fingerprint density at radius 2 is 1.69 bits per heavy atom. The maximum Gasteiger partial charge on any atom is 0.338 e. The van der Waals surface area contributed by atoms with Gasteiger partial charge in [0.05, 0.1) is 21.4 Å². The van der Waals surface area contributed by atoms with Gasteiger partial charge in [-0.3, -0.25) is 10.1 Å². The molecule has 0 heterocycles. The monoisotopic (exact) mass is 474 g/mol. The van der Waals surface area contributed by atoms with Crippen LogP contribution < -0.4 is 4.72 Å². The van der Waals surface area contributed by atoms with Gasteiger partial charge < -0.3 is 4.74 Å². The average molecular weight is 475 g/mol. The van der Waals surface area contributed by atoms with E-state index in [2.05, 4.69) is 4.72 Å². The van der Waals surface area contributed by atoms with Crippen LogP contribution in [0, 0.1) is 17.0 Å². The molecule has 1 N–H and O–H groups in total. The molecule has 3 aromatic carbocycles. The van der Waals surface area contributed by atoms with E-state index >= 15 is 0 Å². The smallest absolute Gasteiger partial charge is 0.338 e. The van der Waals surface area contributed by atoms with Crippen molar-refractivity contribution < 1.29 is 22.9 Å². The molecular weight excluding hydrogens is 456 g/mol. The number of aryl methyl sites for hydroxylation is 1. The number of halogens is 1. The fourth-order valence-corrected chi connectivity index (χ4v) is 4.35. The Kier molecular flexibility index (Phi) is 7.24. The summed E-state index contributed by atoms with van der Waals surface area (Å²) in [6.07, 6.45) is 0. The first kappa shape index (κ1) is 23.4. The molecular formula is C22H19ClN2O6S. The van der Waals surface area contributed by atoms with Gasteiger partial charge in [0.25, 0.3) is 5.69 Å². The molecule has 0 aliphatic carbocycles. The van der Waals surface area contributed by atoms with Crippen molar-refractivity contribution in [2.24, 2.45) is 0 Å². The number of nitrogens with zero attached hydrogens (tertiary/aromatic N) is 1. The Balaban J connectivity index is 1.82. The van der Waals surface area contributed by atoms with Gasteiger partial charge in [-0.1, -0.05) is 47.5 Å². The van der Waals surface area contributed by atoms with Gasteiger partial charge >= 0.3 is 5.97 Å². The molecule has 0 aliphatic heterocycles. The molecule has 1 unspecified atom stereocenters.